The van der Waals surface area contributed by atoms with Gasteiger partial charge in [-0.15, -0.1) is 0 Å². The number of fused-ring (bicyclic) bond motifs is 3. The Morgan fingerprint density at radius 1 is 0.957 bits per heavy atom. The highest BCUT2D eigenvalue weighted by Gasteiger charge is 2.31. The van der Waals surface area contributed by atoms with Crippen LogP contribution in [0.5, 0.6) is 0 Å². The molecule has 3 amide bonds. The molecule has 47 heavy (non-hydrogen) atoms. The van der Waals surface area contributed by atoms with Crippen LogP contribution >= 0.6 is 0 Å². The van der Waals surface area contributed by atoms with Crippen LogP contribution in [0, 0.1) is 11.3 Å². The van der Waals surface area contributed by atoms with Gasteiger partial charge in [-0.25, -0.2) is 0 Å². The average molecular weight is 633 g/mol. The van der Waals surface area contributed by atoms with Crippen molar-refractivity contribution in [3.8, 4) is 11.4 Å². The number of piperidine rings is 2. The monoisotopic (exact) mass is 632 g/mol. The molecule has 0 radical (unpaired) electrons. The molecule has 4 aromatic rings. The first kappa shape index (κ1) is 30.1. The second-order valence-electron chi connectivity index (χ2n) is 15.1. The largest absolute Gasteiger partial charge is 0.353 e. The molecule has 0 spiro atoms. The second kappa shape index (κ2) is 11.8. The maximum Gasteiger partial charge on any atom is 0.253 e. The molecule has 2 fully saturated rings. The molecule has 2 aromatic heterocycles. The summed E-state index contributed by atoms with van der Waals surface area (Å²) in [5, 5.41) is 11.6. The highest BCUT2D eigenvalue weighted by atomic mass is 16.2. The zero-order chi connectivity index (χ0) is 32.3. The van der Waals surface area contributed by atoms with E-state index in [1.807, 2.05) is 17.0 Å². The van der Waals surface area contributed by atoms with Crippen molar-refractivity contribution in [2.45, 2.75) is 77.7 Å². The van der Waals surface area contributed by atoms with E-state index in [4.69, 9.17) is 0 Å². The Morgan fingerprint density at radius 2 is 1.81 bits per heavy atom. The number of aromatic nitrogens is 3. The summed E-state index contributed by atoms with van der Waals surface area (Å²) in [5.74, 6) is 0.0616. The molecule has 1 unspecified atom stereocenters. The van der Waals surface area contributed by atoms with E-state index in [0.717, 1.165) is 105 Å². The summed E-state index contributed by atoms with van der Waals surface area (Å²) in [7, 11) is 0. The summed E-state index contributed by atoms with van der Waals surface area (Å²) in [6.07, 6.45) is 7.18. The lowest BCUT2D eigenvalue weighted by molar-refractivity contribution is -0.134. The van der Waals surface area contributed by atoms with Gasteiger partial charge in [0.05, 0.1) is 11.6 Å². The van der Waals surface area contributed by atoms with Gasteiger partial charge in [0.25, 0.3) is 5.91 Å². The molecule has 0 saturated carbocycles. The number of carbonyl (C=O) groups excluding carboxylic acids is 3. The number of hydrogen-bond donors (Lipinski definition) is 3. The number of carbonyl (C=O) groups is 3. The third-order valence-electron chi connectivity index (χ3n) is 11.2. The first-order valence-electron chi connectivity index (χ1n) is 17.4. The summed E-state index contributed by atoms with van der Waals surface area (Å²) in [5.41, 5.74) is 10.3. The summed E-state index contributed by atoms with van der Waals surface area (Å²) in [4.78, 5) is 45.8. The van der Waals surface area contributed by atoms with Crippen LogP contribution in [0.2, 0.25) is 0 Å². The Hall–Kier alpha value is -4.24. The summed E-state index contributed by atoms with van der Waals surface area (Å²) in [6, 6.07) is 14.6. The normalized spacial score (nSPS) is 21.8. The highest BCUT2D eigenvalue weighted by Crippen LogP contribution is 2.38. The predicted molar refractivity (Wildman–Crippen MR) is 181 cm³/mol. The minimum atomic E-state index is -0.246. The number of benzene rings is 2. The number of likely N-dealkylation sites (tertiary alicyclic amines) is 1. The van der Waals surface area contributed by atoms with Crippen molar-refractivity contribution >= 4 is 28.6 Å². The lowest BCUT2D eigenvalue weighted by Gasteiger charge is -2.37. The maximum atomic E-state index is 13.6. The van der Waals surface area contributed by atoms with Crippen LogP contribution in [0.25, 0.3) is 22.3 Å². The van der Waals surface area contributed by atoms with E-state index in [1.165, 1.54) is 22.4 Å². The lowest BCUT2D eigenvalue weighted by Crippen LogP contribution is -2.42. The van der Waals surface area contributed by atoms with Gasteiger partial charge in [0.1, 0.15) is 5.69 Å². The Morgan fingerprint density at radius 3 is 2.64 bits per heavy atom. The van der Waals surface area contributed by atoms with Gasteiger partial charge in [-0.2, -0.15) is 5.10 Å². The topological polar surface area (TPSA) is 114 Å². The van der Waals surface area contributed by atoms with Crippen molar-refractivity contribution in [1.82, 2.24) is 30.3 Å². The van der Waals surface area contributed by atoms with Gasteiger partial charge >= 0.3 is 0 Å². The number of hydrogen-bond acceptors (Lipinski definition) is 5. The maximum absolute atomic E-state index is 13.6. The molecule has 8 rings (SSSR count). The standard InChI is InChI=1S/C38H44N6O3/c1-38(2)13-9-30-33(20-38)41-42-35(30)32-18-26-5-6-27(19-31(26)39-32)37(47)44-15-10-23(11-16-44)21-43-14-12-24-3-4-25(17-28(24)22-43)29-7-8-34(45)40-36(29)46/h3-6,17-19,23,29,39H,7-16,20-22H2,1-2H3,(H,41,42)(H,40,45,46). The van der Waals surface area contributed by atoms with Gasteiger partial charge in [-0.05, 0) is 91.2 Å². The number of H-pyrrole nitrogens is 2. The number of amides is 3. The van der Waals surface area contributed by atoms with Crippen molar-refractivity contribution in [2.75, 3.05) is 26.2 Å². The molecule has 9 heteroatoms. The molecule has 1 atom stereocenters. The Bertz CT molecular complexity index is 1880. The van der Waals surface area contributed by atoms with Gasteiger partial charge in [-0.1, -0.05) is 38.1 Å². The first-order valence-corrected chi connectivity index (χ1v) is 17.4. The lowest BCUT2D eigenvalue weighted by atomic mass is 9.76. The molecule has 5 heterocycles. The molecule has 9 nitrogen and oxygen atoms in total. The van der Waals surface area contributed by atoms with Crippen LogP contribution in [0.1, 0.15) is 90.2 Å². The van der Waals surface area contributed by atoms with Gasteiger partial charge in [0.2, 0.25) is 11.8 Å². The van der Waals surface area contributed by atoms with E-state index in [2.05, 4.69) is 69.6 Å². The van der Waals surface area contributed by atoms with E-state index in [-0.39, 0.29) is 23.6 Å². The average Bonchev–Trinajstić information content (AvgIpc) is 3.67. The van der Waals surface area contributed by atoms with Crippen LogP contribution in [-0.2, 0) is 35.4 Å². The Labute approximate surface area is 275 Å². The highest BCUT2D eigenvalue weighted by molar-refractivity contribution is 6.01. The fourth-order valence-corrected chi connectivity index (χ4v) is 8.34. The number of nitrogens with one attached hydrogen (secondary N) is 3. The molecular weight excluding hydrogens is 588 g/mol. The zero-order valence-corrected chi connectivity index (χ0v) is 27.5. The smallest absolute Gasteiger partial charge is 0.253 e. The molecule has 3 N–H and O–H groups in total. The zero-order valence-electron chi connectivity index (χ0n) is 27.5. The van der Waals surface area contributed by atoms with Gasteiger partial charge in [0.15, 0.2) is 0 Å². The number of rotatable bonds is 5. The van der Waals surface area contributed by atoms with Crippen LogP contribution in [0.4, 0.5) is 0 Å². The minimum absolute atomic E-state index is 0.105. The third kappa shape index (κ3) is 5.90. The fourth-order valence-electron chi connectivity index (χ4n) is 8.34. The minimum Gasteiger partial charge on any atom is -0.353 e. The Kier molecular flexibility index (Phi) is 7.54. The Balaban J connectivity index is 0.881. The van der Waals surface area contributed by atoms with E-state index >= 15 is 0 Å². The summed E-state index contributed by atoms with van der Waals surface area (Å²) in [6.45, 7) is 9.12. The summed E-state index contributed by atoms with van der Waals surface area (Å²) >= 11 is 0. The number of nitrogens with zero attached hydrogens (tertiary/aromatic N) is 3. The van der Waals surface area contributed by atoms with Crippen LogP contribution in [-0.4, -0.2) is 68.9 Å². The van der Waals surface area contributed by atoms with Crippen LogP contribution < -0.4 is 5.32 Å². The van der Waals surface area contributed by atoms with Crippen molar-refractivity contribution < 1.29 is 14.4 Å². The predicted octanol–water partition coefficient (Wildman–Crippen LogP) is 5.50. The first-order chi connectivity index (χ1) is 22.7. The van der Waals surface area contributed by atoms with Crippen molar-refractivity contribution in [3.05, 3.63) is 76.0 Å². The molecule has 4 aliphatic rings. The van der Waals surface area contributed by atoms with E-state index in [1.54, 1.807) is 0 Å². The van der Waals surface area contributed by atoms with E-state index in [0.29, 0.717) is 24.2 Å². The molecule has 244 valence electrons. The van der Waals surface area contributed by atoms with Crippen molar-refractivity contribution in [1.29, 1.82) is 0 Å². The molecule has 0 bridgehead atoms. The fraction of sp³-hybridized carbons (Fsp3) is 0.474. The second-order valence-corrected chi connectivity index (χ2v) is 15.1. The van der Waals surface area contributed by atoms with E-state index < -0.39 is 0 Å². The quantitative estimate of drug-likeness (QED) is 0.252. The molecule has 3 aliphatic heterocycles. The van der Waals surface area contributed by atoms with Gasteiger partial charge in [-0.3, -0.25) is 29.7 Å². The van der Waals surface area contributed by atoms with Gasteiger partial charge in [0, 0.05) is 66.9 Å². The van der Waals surface area contributed by atoms with Crippen LogP contribution in [0.3, 0.4) is 0 Å². The molecule has 1 aliphatic carbocycles. The summed E-state index contributed by atoms with van der Waals surface area (Å²) < 4.78 is 0. The van der Waals surface area contributed by atoms with Crippen molar-refractivity contribution in [2.24, 2.45) is 11.3 Å². The van der Waals surface area contributed by atoms with Crippen LogP contribution in [0.15, 0.2) is 42.5 Å². The molecular formula is C38H44N6O3. The van der Waals surface area contributed by atoms with E-state index in [9.17, 15) is 14.4 Å². The number of aromatic amines is 2. The number of imide groups is 1. The van der Waals surface area contributed by atoms with Gasteiger partial charge < -0.3 is 9.88 Å². The molecule has 2 saturated heterocycles. The SMILES string of the molecule is CC1(C)CCc2c(-c3cc4ccc(C(=O)N5CCC(CN6CCc7ccc(C8CCC(=O)NC8=O)cc7C6)CC5)cc4[nH]3)n[nH]c2C1. The third-order valence-corrected chi connectivity index (χ3v) is 11.2. The molecule has 2 aromatic carbocycles. The van der Waals surface area contributed by atoms with Crippen molar-refractivity contribution in [3.63, 3.8) is 0 Å².